The number of nitro groups is 2. The van der Waals surface area contributed by atoms with E-state index in [9.17, 15) is 25.0 Å². The first-order valence-electron chi connectivity index (χ1n) is 11.9. The molecule has 40 heavy (non-hydrogen) atoms. The van der Waals surface area contributed by atoms with Crippen molar-refractivity contribution in [2.24, 2.45) is 5.10 Å². The van der Waals surface area contributed by atoms with Crippen molar-refractivity contribution in [3.63, 3.8) is 0 Å². The highest BCUT2D eigenvalue weighted by Crippen LogP contribution is 2.41. The summed E-state index contributed by atoms with van der Waals surface area (Å²) in [6, 6.07) is 11.1. The van der Waals surface area contributed by atoms with Crippen molar-refractivity contribution in [1.29, 1.82) is 0 Å². The molecule has 13 nitrogen and oxygen atoms in total. The van der Waals surface area contributed by atoms with E-state index in [0.29, 0.717) is 32.8 Å². The highest BCUT2D eigenvalue weighted by atomic mass is 127. The Morgan fingerprint density at radius 2 is 1.73 bits per heavy atom. The lowest BCUT2D eigenvalue weighted by atomic mass is 10.2. The van der Waals surface area contributed by atoms with Crippen LogP contribution in [0.2, 0.25) is 0 Å². The molecule has 0 aromatic heterocycles. The Balaban J connectivity index is 1.82. The largest absolute Gasteiger partial charge is 0.493 e. The van der Waals surface area contributed by atoms with Gasteiger partial charge in [-0.25, -0.2) is 5.43 Å². The fourth-order valence-corrected chi connectivity index (χ4v) is 4.09. The molecule has 1 amide bonds. The van der Waals surface area contributed by atoms with Crippen LogP contribution in [0, 0.1) is 23.8 Å². The van der Waals surface area contributed by atoms with Gasteiger partial charge in [0, 0.05) is 11.6 Å². The molecule has 14 heteroatoms. The van der Waals surface area contributed by atoms with Crippen LogP contribution in [0.4, 0.5) is 11.4 Å². The summed E-state index contributed by atoms with van der Waals surface area (Å²) >= 11 is 1.96. The minimum atomic E-state index is -0.763. The molecule has 0 unspecified atom stereocenters. The second-order valence-electron chi connectivity index (χ2n) is 7.94. The number of nitrogens with zero attached hydrogens (tertiary/aromatic N) is 3. The summed E-state index contributed by atoms with van der Waals surface area (Å²) in [6.45, 7) is 4.50. The van der Waals surface area contributed by atoms with Crippen molar-refractivity contribution >= 4 is 46.1 Å². The zero-order valence-corrected chi connectivity index (χ0v) is 23.9. The van der Waals surface area contributed by atoms with E-state index in [1.165, 1.54) is 13.3 Å². The molecular weight excluding hydrogens is 639 g/mol. The molecule has 3 rings (SSSR count). The highest BCUT2D eigenvalue weighted by molar-refractivity contribution is 14.1. The molecule has 0 saturated heterocycles. The van der Waals surface area contributed by atoms with Crippen molar-refractivity contribution in [2.75, 3.05) is 20.3 Å². The number of hydrogen-bond donors (Lipinski definition) is 1. The molecule has 0 aliphatic carbocycles. The number of halogens is 1. The normalized spacial score (nSPS) is 10.7. The summed E-state index contributed by atoms with van der Waals surface area (Å²) in [6.07, 6.45) is 2.23. The lowest BCUT2D eigenvalue weighted by Crippen LogP contribution is -2.17. The number of non-ortho nitro benzene ring substituents is 1. The Morgan fingerprint density at radius 3 is 2.38 bits per heavy atom. The minimum Gasteiger partial charge on any atom is -0.493 e. The number of benzene rings is 3. The molecule has 0 aliphatic rings. The summed E-state index contributed by atoms with van der Waals surface area (Å²) in [5.41, 5.74) is 2.30. The Morgan fingerprint density at radius 1 is 0.975 bits per heavy atom. The maximum Gasteiger partial charge on any atom is 0.318 e. The monoisotopic (exact) mass is 664 g/mol. The van der Waals surface area contributed by atoms with Crippen LogP contribution in [0.3, 0.4) is 0 Å². The first-order valence-corrected chi connectivity index (χ1v) is 13.0. The lowest BCUT2D eigenvalue weighted by Gasteiger charge is -2.14. The molecule has 0 atom stereocenters. The average molecular weight is 664 g/mol. The summed E-state index contributed by atoms with van der Waals surface area (Å²) in [4.78, 5) is 33.7. The molecule has 210 valence electrons. The number of amides is 1. The van der Waals surface area contributed by atoms with Gasteiger partial charge in [-0.05, 0) is 77.9 Å². The Labute approximate surface area is 242 Å². The maximum absolute atomic E-state index is 12.6. The van der Waals surface area contributed by atoms with Crippen LogP contribution in [0.25, 0.3) is 0 Å². The van der Waals surface area contributed by atoms with E-state index in [1.807, 2.05) is 29.5 Å². The van der Waals surface area contributed by atoms with E-state index >= 15 is 0 Å². The van der Waals surface area contributed by atoms with Crippen LogP contribution in [0.1, 0.15) is 36.2 Å². The van der Waals surface area contributed by atoms with E-state index in [1.54, 1.807) is 37.3 Å². The van der Waals surface area contributed by atoms with Gasteiger partial charge in [0.25, 0.3) is 11.6 Å². The van der Waals surface area contributed by atoms with Crippen LogP contribution in [-0.2, 0) is 0 Å². The number of carbonyl (C=O) groups excluding carboxylic acids is 1. The Kier molecular flexibility index (Phi) is 10.6. The number of methoxy groups -OCH3 is 1. The van der Waals surface area contributed by atoms with E-state index < -0.39 is 27.1 Å². The average Bonchev–Trinajstić information content (AvgIpc) is 2.93. The number of nitrogens with one attached hydrogen (secondary N) is 1. The lowest BCUT2D eigenvalue weighted by molar-refractivity contribution is -0.394. The smallest absolute Gasteiger partial charge is 0.318 e. The standard InChI is InChI=1S/C26H25IN4O9/c1-4-10-39-22-8-6-17(13-23(22)37-3)26(32)29-28-15-16-11-19(27)25(24(12-16)38-5-2)40-21-9-7-18(30(33)34)14-20(21)31(35)36/h6-9,11-15H,4-5,10H2,1-3H3,(H,29,32)/b28-15+. The maximum atomic E-state index is 12.6. The second kappa shape index (κ2) is 14.1. The predicted octanol–water partition coefficient (Wildman–Crippen LogP) is 5.86. The third-order valence-electron chi connectivity index (χ3n) is 5.16. The van der Waals surface area contributed by atoms with Crippen LogP contribution < -0.4 is 24.4 Å². The summed E-state index contributed by atoms with van der Waals surface area (Å²) in [5.74, 6) is 0.723. The van der Waals surface area contributed by atoms with Gasteiger partial charge in [-0.1, -0.05) is 6.92 Å². The number of nitro benzene ring substituents is 2. The number of ether oxygens (including phenoxy) is 4. The van der Waals surface area contributed by atoms with E-state index in [4.69, 9.17) is 18.9 Å². The summed E-state index contributed by atoms with van der Waals surface area (Å²) in [7, 11) is 1.48. The fraction of sp³-hybridized carbons (Fsp3) is 0.231. The van der Waals surface area contributed by atoms with Crippen molar-refractivity contribution in [3.05, 3.63) is 83.5 Å². The molecule has 1 N–H and O–H groups in total. The molecule has 0 spiro atoms. The fourth-order valence-electron chi connectivity index (χ4n) is 3.35. The van der Waals surface area contributed by atoms with Gasteiger partial charge in [-0.2, -0.15) is 5.10 Å². The number of hydrazone groups is 1. The van der Waals surface area contributed by atoms with E-state index in [2.05, 4.69) is 10.5 Å². The quantitative estimate of drug-likeness (QED) is 0.102. The van der Waals surface area contributed by atoms with Gasteiger partial charge < -0.3 is 18.9 Å². The topological polar surface area (TPSA) is 165 Å². The molecule has 0 fully saturated rings. The van der Waals surface area contributed by atoms with E-state index in [0.717, 1.165) is 24.6 Å². The van der Waals surface area contributed by atoms with Crippen molar-refractivity contribution in [3.8, 4) is 28.7 Å². The molecular formula is C26H25IN4O9. The molecule has 0 radical (unpaired) electrons. The zero-order valence-electron chi connectivity index (χ0n) is 21.7. The second-order valence-corrected chi connectivity index (χ2v) is 9.11. The first kappa shape index (κ1) is 30.1. The van der Waals surface area contributed by atoms with Gasteiger partial charge in [0.2, 0.25) is 5.75 Å². The van der Waals surface area contributed by atoms with Crippen molar-refractivity contribution in [2.45, 2.75) is 20.3 Å². The number of hydrogen-bond acceptors (Lipinski definition) is 10. The van der Waals surface area contributed by atoms with Crippen LogP contribution in [0.15, 0.2) is 53.6 Å². The Bertz CT molecular complexity index is 1450. The third-order valence-corrected chi connectivity index (χ3v) is 5.96. The summed E-state index contributed by atoms with van der Waals surface area (Å²) < 4.78 is 22.9. The molecule has 0 aliphatic heterocycles. The molecule has 0 bridgehead atoms. The zero-order chi connectivity index (χ0) is 29.2. The molecule has 3 aromatic rings. The minimum absolute atomic E-state index is 0.179. The number of carbonyl (C=O) groups is 1. The Hall–Kier alpha value is -4.47. The first-order chi connectivity index (χ1) is 19.2. The molecule has 0 heterocycles. The molecule has 0 saturated carbocycles. The van der Waals surface area contributed by atoms with Crippen molar-refractivity contribution < 1.29 is 33.6 Å². The van der Waals surface area contributed by atoms with Gasteiger partial charge in [-0.3, -0.25) is 25.0 Å². The van der Waals surface area contributed by atoms with Gasteiger partial charge >= 0.3 is 5.69 Å². The SMILES string of the molecule is CCCOc1ccc(C(=O)N/N=C/c2cc(I)c(Oc3ccc([N+](=O)[O-])cc3[N+](=O)[O-])c(OCC)c2)cc1OC. The van der Waals surface area contributed by atoms with Crippen molar-refractivity contribution in [1.82, 2.24) is 5.43 Å². The van der Waals surface area contributed by atoms with Crippen LogP contribution >= 0.6 is 22.6 Å². The molecule has 3 aromatic carbocycles. The van der Waals surface area contributed by atoms with Gasteiger partial charge in [0.15, 0.2) is 23.0 Å². The third kappa shape index (κ3) is 7.56. The van der Waals surface area contributed by atoms with E-state index in [-0.39, 0.29) is 23.9 Å². The van der Waals surface area contributed by atoms with Crippen LogP contribution in [0.5, 0.6) is 28.7 Å². The number of rotatable bonds is 13. The summed E-state index contributed by atoms with van der Waals surface area (Å²) in [5, 5.41) is 26.6. The predicted molar refractivity (Wildman–Crippen MR) is 154 cm³/mol. The van der Waals surface area contributed by atoms with Gasteiger partial charge in [0.05, 0.1) is 46.0 Å². The highest BCUT2D eigenvalue weighted by Gasteiger charge is 2.23. The van der Waals surface area contributed by atoms with Gasteiger partial charge in [0.1, 0.15) is 0 Å². The van der Waals surface area contributed by atoms with Gasteiger partial charge in [-0.15, -0.1) is 0 Å². The van der Waals surface area contributed by atoms with Crippen LogP contribution in [-0.4, -0.2) is 42.3 Å².